The molecule has 0 spiro atoms. The van der Waals surface area contributed by atoms with Crippen LogP contribution in [0.15, 0.2) is 79.1 Å². The number of amides is 1. The van der Waals surface area contributed by atoms with Crippen molar-refractivity contribution in [2.24, 2.45) is 0 Å². The Kier molecular flexibility index (Phi) is 7.84. The number of carbonyl (C=O) groups is 1. The molecular formula is C26H27ClN6O2. The minimum absolute atomic E-state index is 0.187. The smallest absolute Gasteiger partial charge is 0.256 e. The van der Waals surface area contributed by atoms with E-state index in [4.69, 9.17) is 22.1 Å². The zero-order valence-corrected chi connectivity index (χ0v) is 20.2. The Balaban J connectivity index is 1.28. The maximum absolute atomic E-state index is 12.5. The van der Waals surface area contributed by atoms with E-state index < -0.39 is 0 Å². The van der Waals surface area contributed by atoms with E-state index in [-0.39, 0.29) is 11.7 Å². The second kappa shape index (κ2) is 11.4. The van der Waals surface area contributed by atoms with E-state index in [1.807, 2.05) is 37.4 Å². The van der Waals surface area contributed by atoms with Crippen LogP contribution in [0.25, 0.3) is 0 Å². The molecule has 4 aromatic rings. The number of hydrogen-bond acceptors (Lipinski definition) is 6. The Labute approximate surface area is 209 Å². The average Bonchev–Trinajstić information content (AvgIpc) is 3.23. The molecule has 0 aliphatic rings. The molecular weight excluding hydrogens is 464 g/mol. The minimum Gasteiger partial charge on any atom is -0.492 e. The SMILES string of the molecule is CN(Cc1ccc(Cn2cc(C(=O)NCCOc3cccc(Cl)c3)c(N)n2)cc1)c1ccccn1. The highest BCUT2D eigenvalue weighted by Crippen LogP contribution is 2.17. The second-order valence-corrected chi connectivity index (χ2v) is 8.48. The Hall–Kier alpha value is -4.04. The summed E-state index contributed by atoms with van der Waals surface area (Å²) in [5.74, 6) is 1.46. The fourth-order valence-electron chi connectivity index (χ4n) is 3.55. The Morgan fingerprint density at radius 3 is 2.66 bits per heavy atom. The van der Waals surface area contributed by atoms with Crippen molar-refractivity contribution < 1.29 is 9.53 Å². The molecule has 0 aliphatic carbocycles. The monoisotopic (exact) mass is 490 g/mol. The standard InChI is InChI=1S/C26H27ClN6O2/c1-32(24-7-2-3-12-29-24)16-19-8-10-20(11-9-19)17-33-18-23(25(28)31-33)26(34)30-13-14-35-22-6-4-5-21(27)15-22/h2-12,15,18H,13-14,16-17H2,1H3,(H2,28,31)(H,30,34). The second-order valence-electron chi connectivity index (χ2n) is 8.05. The Morgan fingerprint density at radius 1 is 1.11 bits per heavy atom. The number of aromatic nitrogens is 3. The van der Waals surface area contributed by atoms with Gasteiger partial charge in [0.25, 0.3) is 5.91 Å². The number of nitrogens with zero attached hydrogens (tertiary/aromatic N) is 4. The molecule has 2 aromatic carbocycles. The van der Waals surface area contributed by atoms with Crippen molar-refractivity contribution in [3.63, 3.8) is 0 Å². The van der Waals surface area contributed by atoms with Crippen LogP contribution in [0, 0.1) is 0 Å². The van der Waals surface area contributed by atoms with E-state index in [1.54, 1.807) is 41.3 Å². The van der Waals surface area contributed by atoms with Crippen LogP contribution in [0.5, 0.6) is 5.75 Å². The molecule has 8 nitrogen and oxygen atoms in total. The lowest BCUT2D eigenvalue weighted by Crippen LogP contribution is -2.28. The third-order valence-electron chi connectivity index (χ3n) is 5.31. The van der Waals surface area contributed by atoms with Gasteiger partial charge in [0.15, 0.2) is 5.82 Å². The van der Waals surface area contributed by atoms with Crippen LogP contribution >= 0.6 is 11.6 Å². The molecule has 0 bridgehead atoms. The summed E-state index contributed by atoms with van der Waals surface area (Å²) in [5, 5.41) is 7.69. The lowest BCUT2D eigenvalue weighted by atomic mass is 10.1. The lowest BCUT2D eigenvalue weighted by molar-refractivity contribution is 0.0947. The number of nitrogen functional groups attached to an aromatic ring is 1. The van der Waals surface area contributed by atoms with Gasteiger partial charge in [-0.05, 0) is 41.5 Å². The van der Waals surface area contributed by atoms with E-state index in [9.17, 15) is 4.79 Å². The molecule has 2 aromatic heterocycles. The molecule has 0 saturated carbocycles. The highest BCUT2D eigenvalue weighted by Gasteiger charge is 2.14. The number of benzene rings is 2. The van der Waals surface area contributed by atoms with Crippen molar-refractivity contribution in [2.75, 3.05) is 30.8 Å². The number of carbonyl (C=O) groups excluding carboxylic acids is 1. The first kappa shape index (κ1) is 24.1. The number of nitrogens with one attached hydrogen (secondary N) is 1. The number of pyridine rings is 1. The summed E-state index contributed by atoms with van der Waals surface area (Å²) >= 11 is 5.94. The molecule has 0 saturated heterocycles. The third kappa shape index (κ3) is 6.74. The normalized spacial score (nSPS) is 10.7. The molecule has 35 heavy (non-hydrogen) atoms. The van der Waals surface area contributed by atoms with Gasteiger partial charge in [-0.3, -0.25) is 9.48 Å². The van der Waals surface area contributed by atoms with Crippen LogP contribution in [-0.2, 0) is 13.1 Å². The first-order valence-electron chi connectivity index (χ1n) is 11.2. The number of nitrogens with two attached hydrogens (primary N) is 1. The van der Waals surface area contributed by atoms with Crippen LogP contribution in [-0.4, -0.2) is 40.9 Å². The van der Waals surface area contributed by atoms with Crippen LogP contribution in [0.2, 0.25) is 5.02 Å². The highest BCUT2D eigenvalue weighted by molar-refractivity contribution is 6.30. The Morgan fingerprint density at radius 2 is 1.91 bits per heavy atom. The van der Waals surface area contributed by atoms with Gasteiger partial charge >= 0.3 is 0 Å². The molecule has 180 valence electrons. The predicted octanol–water partition coefficient (Wildman–Crippen LogP) is 4.01. The number of rotatable bonds is 10. The van der Waals surface area contributed by atoms with Crippen molar-refractivity contribution in [2.45, 2.75) is 13.1 Å². The molecule has 9 heteroatoms. The minimum atomic E-state index is -0.295. The average molecular weight is 491 g/mol. The zero-order chi connectivity index (χ0) is 24.6. The summed E-state index contributed by atoms with van der Waals surface area (Å²) in [5.41, 5.74) is 8.55. The maximum Gasteiger partial charge on any atom is 0.256 e. The van der Waals surface area contributed by atoms with Gasteiger partial charge in [-0.25, -0.2) is 4.98 Å². The molecule has 0 unspecified atom stereocenters. The van der Waals surface area contributed by atoms with Crippen LogP contribution < -0.4 is 20.7 Å². The topological polar surface area (TPSA) is 98.3 Å². The van der Waals surface area contributed by atoms with Gasteiger partial charge in [-0.2, -0.15) is 5.10 Å². The number of anilines is 2. The van der Waals surface area contributed by atoms with E-state index in [2.05, 4.69) is 32.4 Å². The fraction of sp³-hybridized carbons (Fsp3) is 0.192. The van der Waals surface area contributed by atoms with E-state index in [0.717, 1.165) is 17.9 Å². The zero-order valence-electron chi connectivity index (χ0n) is 19.4. The maximum atomic E-state index is 12.5. The summed E-state index contributed by atoms with van der Waals surface area (Å²) in [4.78, 5) is 19.0. The van der Waals surface area contributed by atoms with E-state index >= 15 is 0 Å². The molecule has 0 aliphatic heterocycles. The molecule has 1 amide bonds. The van der Waals surface area contributed by atoms with Crippen LogP contribution in [0.1, 0.15) is 21.5 Å². The van der Waals surface area contributed by atoms with Gasteiger partial charge in [0.2, 0.25) is 0 Å². The highest BCUT2D eigenvalue weighted by atomic mass is 35.5. The van der Waals surface area contributed by atoms with Crippen molar-refractivity contribution in [3.05, 3.63) is 101 Å². The molecule has 0 atom stereocenters. The van der Waals surface area contributed by atoms with E-state index in [0.29, 0.717) is 36.0 Å². The molecule has 0 radical (unpaired) electrons. The van der Waals surface area contributed by atoms with Crippen molar-refractivity contribution in [3.8, 4) is 5.75 Å². The summed E-state index contributed by atoms with van der Waals surface area (Å²) in [6.07, 6.45) is 3.44. The van der Waals surface area contributed by atoms with Gasteiger partial charge in [-0.1, -0.05) is 48.0 Å². The quantitative estimate of drug-likeness (QED) is 0.326. The summed E-state index contributed by atoms with van der Waals surface area (Å²) in [7, 11) is 2.01. The van der Waals surface area contributed by atoms with Gasteiger partial charge in [0, 0.05) is 31.0 Å². The van der Waals surface area contributed by atoms with Gasteiger partial charge < -0.3 is 20.7 Å². The molecule has 0 fully saturated rings. The lowest BCUT2D eigenvalue weighted by Gasteiger charge is -2.18. The third-order valence-corrected chi connectivity index (χ3v) is 5.55. The van der Waals surface area contributed by atoms with Crippen LogP contribution in [0.4, 0.5) is 11.6 Å². The summed E-state index contributed by atoms with van der Waals surface area (Å²) in [6.45, 7) is 1.88. The van der Waals surface area contributed by atoms with Gasteiger partial charge in [0.05, 0.1) is 13.1 Å². The van der Waals surface area contributed by atoms with Crippen molar-refractivity contribution in [1.29, 1.82) is 0 Å². The number of hydrogen-bond donors (Lipinski definition) is 2. The predicted molar refractivity (Wildman–Crippen MR) is 138 cm³/mol. The first-order valence-corrected chi connectivity index (χ1v) is 11.6. The number of halogens is 1. The largest absolute Gasteiger partial charge is 0.492 e. The van der Waals surface area contributed by atoms with E-state index in [1.165, 1.54) is 5.56 Å². The molecule has 4 rings (SSSR count). The molecule has 3 N–H and O–H groups in total. The van der Waals surface area contributed by atoms with Crippen molar-refractivity contribution in [1.82, 2.24) is 20.1 Å². The fourth-order valence-corrected chi connectivity index (χ4v) is 3.73. The summed E-state index contributed by atoms with van der Waals surface area (Å²) < 4.78 is 7.26. The van der Waals surface area contributed by atoms with Gasteiger partial charge in [0.1, 0.15) is 23.7 Å². The molecule has 2 heterocycles. The van der Waals surface area contributed by atoms with Crippen LogP contribution in [0.3, 0.4) is 0 Å². The Bertz CT molecular complexity index is 1260. The van der Waals surface area contributed by atoms with Gasteiger partial charge in [-0.15, -0.1) is 0 Å². The number of ether oxygens (including phenoxy) is 1. The summed E-state index contributed by atoms with van der Waals surface area (Å²) in [6, 6.07) is 21.2. The first-order chi connectivity index (χ1) is 17.0. The van der Waals surface area contributed by atoms with Crippen molar-refractivity contribution >= 4 is 29.1 Å².